The Labute approximate surface area is 91.6 Å². The summed E-state index contributed by atoms with van der Waals surface area (Å²) in [5.74, 6) is 0. The molecule has 1 fully saturated rings. The lowest BCUT2D eigenvalue weighted by Gasteiger charge is -2.38. The third-order valence-corrected chi connectivity index (χ3v) is 2.61. The number of morpholine rings is 1. The van der Waals surface area contributed by atoms with Crippen molar-refractivity contribution < 1.29 is 4.74 Å². The van der Waals surface area contributed by atoms with Crippen LogP contribution in [0.3, 0.4) is 0 Å². The van der Waals surface area contributed by atoms with Crippen molar-refractivity contribution in [3.8, 4) is 0 Å². The Morgan fingerprint density at radius 2 is 2.29 bits per heavy atom. The van der Waals surface area contributed by atoms with Crippen molar-refractivity contribution in [3.63, 3.8) is 0 Å². The van der Waals surface area contributed by atoms with Crippen LogP contribution in [0, 0.1) is 0 Å². The van der Waals surface area contributed by atoms with Gasteiger partial charge in [0.25, 0.3) is 0 Å². The molecule has 0 saturated carbocycles. The van der Waals surface area contributed by atoms with Crippen LogP contribution in [0.5, 0.6) is 0 Å². The van der Waals surface area contributed by atoms with Gasteiger partial charge in [0.15, 0.2) is 0 Å². The standard InChI is InChI=1S/C10H20N2OS/c1-10(2)8-12(6-7-13-10)5-3-4-9(11)14/h3-8H2,1-2H3,(H2,11,14). The first kappa shape index (κ1) is 11.9. The Morgan fingerprint density at radius 3 is 2.86 bits per heavy atom. The zero-order chi connectivity index (χ0) is 10.6. The van der Waals surface area contributed by atoms with Crippen molar-refractivity contribution in [2.45, 2.75) is 32.3 Å². The number of hydrogen-bond donors (Lipinski definition) is 1. The third kappa shape index (κ3) is 4.35. The predicted octanol–water partition coefficient (Wildman–Crippen LogP) is 1.16. The second-order valence-corrected chi connectivity index (χ2v) is 4.98. The summed E-state index contributed by atoms with van der Waals surface area (Å²) in [7, 11) is 0. The second kappa shape index (κ2) is 5.05. The van der Waals surface area contributed by atoms with Gasteiger partial charge in [-0.15, -0.1) is 0 Å². The quantitative estimate of drug-likeness (QED) is 0.716. The molecule has 1 aliphatic rings. The number of nitrogens with zero attached hydrogens (tertiary/aromatic N) is 1. The minimum atomic E-state index is 0.00146. The van der Waals surface area contributed by atoms with Crippen LogP contribution in [0.4, 0.5) is 0 Å². The van der Waals surface area contributed by atoms with Crippen molar-refractivity contribution in [1.29, 1.82) is 0 Å². The van der Waals surface area contributed by atoms with Crippen molar-refractivity contribution in [2.24, 2.45) is 5.73 Å². The molecule has 0 bridgehead atoms. The van der Waals surface area contributed by atoms with Crippen LogP contribution in [0.1, 0.15) is 26.7 Å². The molecular weight excluding hydrogens is 196 g/mol. The highest BCUT2D eigenvalue weighted by Crippen LogP contribution is 2.16. The summed E-state index contributed by atoms with van der Waals surface area (Å²) in [6.07, 6.45) is 1.92. The van der Waals surface area contributed by atoms with Crippen LogP contribution >= 0.6 is 12.2 Å². The largest absolute Gasteiger partial charge is 0.393 e. The summed E-state index contributed by atoms with van der Waals surface area (Å²) in [6, 6.07) is 0. The van der Waals surface area contributed by atoms with Crippen LogP contribution in [-0.2, 0) is 4.74 Å². The first-order chi connectivity index (χ1) is 6.49. The molecule has 0 radical (unpaired) electrons. The molecule has 0 aromatic carbocycles. The van der Waals surface area contributed by atoms with Crippen LogP contribution in [0.2, 0.25) is 0 Å². The lowest BCUT2D eigenvalue weighted by atomic mass is 10.1. The minimum absolute atomic E-state index is 0.00146. The van der Waals surface area contributed by atoms with Gasteiger partial charge in [-0.25, -0.2) is 0 Å². The van der Waals surface area contributed by atoms with E-state index in [-0.39, 0.29) is 5.60 Å². The Balaban J connectivity index is 2.21. The summed E-state index contributed by atoms with van der Waals surface area (Å²) in [5, 5.41) is 0. The predicted molar refractivity (Wildman–Crippen MR) is 62.5 cm³/mol. The summed E-state index contributed by atoms with van der Waals surface area (Å²) in [5.41, 5.74) is 5.45. The van der Waals surface area contributed by atoms with E-state index in [1.54, 1.807) is 0 Å². The van der Waals surface area contributed by atoms with Gasteiger partial charge >= 0.3 is 0 Å². The zero-order valence-corrected chi connectivity index (χ0v) is 9.90. The normalized spacial score (nSPS) is 22.1. The molecule has 2 N–H and O–H groups in total. The number of nitrogens with two attached hydrogens (primary N) is 1. The Bertz CT molecular complexity index is 206. The molecule has 0 aromatic heterocycles. The lowest BCUT2D eigenvalue weighted by Crippen LogP contribution is -2.48. The molecule has 1 heterocycles. The van der Waals surface area contributed by atoms with Crippen LogP contribution in [0.15, 0.2) is 0 Å². The average Bonchev–Trinajstić information content (AvgIpc) is 2.01. The molecule has 14 heavy (non-hydrogen) atoms. The van der Waals surface area contributed by atoms with E-state index in [4.69, 9.17) is 22.7 Å². The van der Waals surface area contributed by atoms with E-state index in [1.807, 2.05) is 0 Å². The van der Waals surface area contributed by atoms with E-state index in [1.165, 1.54) is 0 Å². The number of ether oxygens (including phenoxy) is 1. The fraction of sp³-hybridized carbons (Fsp3) is 0.900. The number of hydrogen-bond acceptors (Lipinski definition) is 3. The topological polar surface area (TPSA) is 38.5 Å². The second-order valence-electron chi connectivity index (χ2n) is 4.45. The van der Waals surface area contributed by atoms with E-state index in [2.05, 4.69) is 18.7 Å². The molecule has 4 heteroatoms. The van der Waals surface area contributed by atoms with E-state index in [0.717, 1.165) is 39.1 Å². The average molecular weight is 216 g/mol. The third-order valence-electron chi connectivity index (χ3n) is 2.40. The van der Waals surface area contributed by atoms with Crippen LogP contribution < -0.4 is 5.73 Å². The highest BCUT2D eigenvalue weighted by Gasteiger charge is 2.26. The number of rotatable bonds is 4. The molecule has 0 aliphatic carbocycles. The molecule has 0 unspecified atom stereocenters. The monoisotopic (exact) mass is 216 g/mol. The highest BCUT2D eigenvalue weighted by molar-refractivity contribution is 7.80. The first-order valence-corrected chi connectivity index (χ1v) is 5.55. The van der Waals surface area contributed by atoms with Crippen LogP contribution in [0.25, 0.3) is 0 Å². The maximum absolute atomic E-state index is 5.63. The van der Waals surface area contributed by atoms with Crippen molar-refractivity contribution in [2.75, 3.05) is 26.2 Å². The molecule has 0 spiro atoms. The van der Waals surface area contributed by atoms with Crippen molar-refractivity contribution in [1.82, 2.24) is 4.90 Å². The Morgan fingerprint density at radius 1 is 1.57 bits per heavy atom. The van der Waals surface area contributed by atoms with Gasteiger partial charge in [0, 0.05) is 13.1 Å². The van der Waals surface area contributed by atoms with Gasteiger partial charge in [0.1, 0.15) is 0 Å². The summed E-state index contributed by atoms with van der Waals surface area (Å²) >= 11 is 4.84. The van der Waals surface area contributed by atoms with Gasteiger partial charge in [0.05, 0.1) is 17.2 Å². The first-order valence-electron chi connectivity index (χ1n) is 5.14. The molecule has 1 rings (SSSR count). The fourth-order valence-electron chi connectivity index (χ4n) is 1.78. The molecule has 82 valence electrons. The van der Waals surface area contributed by atoms with E-state index >= 15 is 0 Å². The molecule has 3 nitrogen and oxygen atoms in total. The number of thiocarbonyl (C=S) groups is 1. The summed E-state index contributed by atoms with van der Waals surface area (Å²) in [6.45, 7) is 8.20. The Kier molecular flexibility index (Phi) is 4.29. The van der Waals surface area contributed by atoms with Gasteiger partial charge in [-0.1, -0.05) is 12.2 Å². The van der Waals surface area contributed by atoms with Crippen molar-refractivity contribution >= 4 is 17.2 Å². The fourth-order valence-corrected chi connectivity index (χ4v) is 1.93. The van der Waals surface area contributed by atoms with Gasteiger partial charge < -0.3 is 10.5 Å². The molecule has 0 aromatic rings. The lowest BCUT2D eigenvalue weighted by molar-refractivity contribution is -0.0859. The van der Waals surface area contributed by atoms with Gasteiger partial charge in [0.2, 0.25) is 0 Å². The maximum Gasteiger partial charge on any atom is 0.0753 e. The van der Waals surface area contributed by atoms with Gasteiger partial charge in [-0.2, -0.15) is 0 Å². The van der Waals surface area contributed by atoms with Gasteiger partial charge in [-0.05, 0) is 33.2 Å². The van der Waals surface area contributed by atoms with Gasteiger partial charge in [-0.3, -0.25) is 4.90 Å². The van der Waals surface area contributed by atoms with E-state index in [9.17, 15) is 0 Å². The SMILES string of the molecule is CC1(C)CN(CCCC(N)=S)CCO1. The van der Waals surface area contributed by atoms with Crippen LogP contribution in [-0.4, -0.2) is 41.7 Å². The summed E-state index contributed by atoms with van der Waals surface area (Å²) in [4.78, 5) is 3.04. The minimum Gasteiger partial charge on any atom is -0.393 e. The molecule has 0 amide bonds. The zero-order valence-electron chi connectivity index (χ0n) is 9.08. The highest BCUT2D eigenvalue weighted by atomic mass is 32.1. The molecule has 1 saturated heterocycles. The molecule has 0 atom stereocenters. The van der Waals surface area contributed by atoms with E-state index in [0.29, 0.717) is 4.99 Å². The Hall–Kier alpha value is -0.190. The van der Waals surface area contributed by atoms with Crippen molar-refractivity contribution in [3.05, 3.63) is 0 Å². The van der Waals surface area contributed by atoms with E-state index < -0.39 is 0 Å². The maximum atomic E-state index is 5.63. The molecular formula is C10H20N2OS. The molecule has 1 aliphatic heterocycles. The summed E-state index contributed by atoms with van der Waals surface area (Å²) < 4.78 is 5.63. The smallest absolute Gasteiger partial charge is 0.0753 e.